The number of nitrogens with zero attached hydrogens (tertiary/aromatic N) is 4. The van der Waals surface area contributed by atoms with Gasteiger partial charge in [0.2, 0.25) is 5.95 Å². The first kappa shape index (κ1) is 18.1. The van der Waals surface area contributed by atoms with Gasteiger partial charge in [-0.25, -0.2) is 15.0 Å². The summed E-state index contributed by atoms with van der Waals surface area (Å²) in [6.45, 7) is 5.47. The van der Waals surface area contributed by atoms with E-state index in [1.54, 1.807) is 6.20 Å². The summed E-state index contributed by atoms with van der Waals surface area (Å²) < 4.78 is 0. The molecule has 1 aliphatic heterocycles. The summed E-state index contributed by atoms with van der Waals surface area (Å²) >= 11 is 0. The number of hydrogen-bond donors (Lipinski definition) is 1. The molecule has 0 saturated carbocycles. The first-order valence-corrected chi connectivity index (χ1v) is 9.40. The maximum atomic E-state index is 12.8. The summed E-state index contributed by atoms with van der Waals surface area (Å²) in [7, 11) is 0. The van der Waals surface area contributed by atoms with Crippen molar-refractivity contribution < 1.29 is 4.79 Å². The van der Waals surface area contributed by atoms with Gasteiger partial charge in [-0.1, -0.05) is 29.8 Å². The van der Waals surface area contributed by atoms with E-state index in [-0.39, 0.29) is 5.78 Å². The summed E-state index contributed by atoms with van der Waals surface area (Å²) in [5.74, 6) is 0.347. The number of rotatable bonds is 4. The van der Waals surface area contributed by atoms with Gasteiger partial charge in [0.1, 0.15) is 5.69 Å². The molecule has 28 heavy (non-hydrogen) atoms. The van der Waals surface area contributed by atoms with E-state index in [9.17, 15) is 4.79 Å². The molecule has 0 fully saturated rings. The number of nitrogens with two attached hydrogens (primary N) is 1. The van der Waals surface area contributed by atoms with Crippen LogP contribution in [0.3, 0.4) is 0 Å². The Morgan fingerprint density at radius 1 is 1.18 bits per heavy atom. The molecule has 3 heterocycles. The number of carbonyl (C=O) groups is 1. The Hall–Kier alpha value is -3.28. The molecule has 0 aliphatic carbocycles. The standard InChI is InChI=1S/C22H23N5O/c1-14-4-3-5-16(8-14)10-21(28)20-11-18(9-15(2)25-20)27-7-6-19-17(13-27)12-24-22(23)26-19/h3-5,8-9,11-12H,6-7,10,13H2,1-2H3,(H2,23,24,26). The van der Waals surface area contributed by atoms with Crippen LogP contribution in [-0.2, 0) is 19.4 Å². The number of benzene rings is 1. The van der Waals surface area contributed by atoms with Gasteiger partial charge in [-0.3, -0.25) is 4.79 Å². The van der Waals surface area contributed by atoms with Crippen molar-refractivity contribution in [1.82, 2.24) is 15.0 Å². The van der Waals surface area contributed by atoms with Crippen LogP contribution in [0.5, 0.6) is 0 Å². The molecule has 6 nitrogen and oxygen atoms in total. The van der Waals surface area contributed by atoms with Crippen molar-refractivity contribution in [2.24, 2.45) is 0 Å². The second kappa shape index (κ2) is 7.38. The Balaban J connectivity index is 1.57. The molecule has 0 atom stereocenters. The smallest absolute Gasteiger partial charge is 0.220 e. The highest BCUT2D eigenvalue weighted by atomic mass is 16.1. The summed E-state index contributed by atoms with van der Waals surface area (Å²) in [5, 5.41) is 0. The number of nitrogen functional groups attached to an aromatic ring is 1. The maximum absolute atomic E-state index is 12.8. The average Bonchev–Trinajstić information content (AvgIpc) is 2.67. The van der Waals surface area contributed by atoms with E-state index in [1.165, 1.54) is 0 Å². The van der Waals surface area contributed by atoms with E-state index in [4.69, 9.17) is 5.73 Å². The van der Waals surface area contributed by atoms with E-state index < -0.39 is 0 Å². The van der Waals surface area contributed by atoms with Gasteiger partial charge >= 0.3 is 0 Å². The Bertz CT molecular complexity index is 1050. The van der Waals surface area contributed by atoms with Crippen LogP contribution >= 0.6 is 0 Å². The zero-order valence-corrected chi connectivity index (χ0v) is 16.1. The third-order valence-electron chi connectivity index (χ3n) is 4.99. The van der Waals surface area contributed by atoms with Gasteiger partial charge in [-0.05, 0) is 31.5 Å². The zero-order valence-electron chi connectivity index (χ0n) is 16.1. The Morgan fingerprint density at radius 3 is 2.86 bits per heavy atom. The van der Waals surface area contributed by atoms with Crippen LogP contribution in [0.2, 0.25) is 0 Å². The van der Waals surface area contributed by atoms with Gasteiger partial charge in [0.15, 0.2) is 5.78 Å². The van der Waals surface area contributed by atoms with Crippen LogP contribution in [0.1, 0.15) is 38.6 Å². The van der Waals surface area contributed by atoms with Gasteiger partial charge in [0.05, 0.1) is 5.69 Å². The van der Waals surface area contributed by atoms with E-state index in [1.807, 2.05) is 50.2 Å². The van der Waals surface area contributed by atoms with E-state index >= 15 is 0 Å². The predicted molar refractivity (Wildman–Crippen MR) is 109 cm³/mol. The first-order valence-electron chi connectivity index (χ1n) is 9.40. The van der Waals surface area contributed by atoms with E-state index in [2.05, 4.69) is 19.9 Å². The molecule has 3 aromatic rings. The molecule has 0 bridgehead atoms. The van der Waals surface area contributed by atoms with Crippen molar-refractivity contribution in [3.05, 3.63) is 76.4 Å². The number of anilines is 2. The number of carbonyl (C=O) groups excluding carboxylic acids is 1. The monoisotopic (exact) mass is 373 g/mol. The van der Waals surface area contributed by atoms with Gasteiger partial charge in [0, 0.05) is 49.1 Å². The normalized spacial score (nSPS) is 13.3. The molecular weight excluding hydrogens is 350 g/mol. The highest BCUT2D eigenvalue weighted by molar-refractivity contribution is 5.96. The highest BCUT2D eigenvalue weighted by Gasteiger charge is 2.20. The molecule has 142 valence electrons. The van der Waals surface area contributed by atoms with E-state index in [0.29, 0.717) is 24.6 Å². The van der Waals surface area contributed by atoms with Crippen molar-refractivity contribution in [2.45, 2.75) is 33.2 Å². The second-order valence-corrected chi connectivity index (χ2v) is 7.31. The number of aryl methyl sites for hydroxylation is 2. The number of fused-ring (bicyclic) bond motifs is 1. The fourth-order valence-corrected chi connectivity index (χ4v) is 3.63. The van der Waals surface area contributed by atoms with Crippen molar-refractivity contribution in [3.63, 3.8) is 0 Å². The molecule has 1 aromatic carbocycles. The number of aromatic nitrogens is 3. The topological polar surface area (TPSA) is 85.0 Å². The maximum Gasteiger partial charge on any atom is 0.220 e. The van der Waals surface area contributed by atoms with Crippen molar-refractivity contribution in [3.8, 4) is 0 Å². The second-order valence-electron chi connectivity index (χ2n) is 7.31. The lowest BCUT2D eigenvalue weighted by molar-refractivity contribution is 0.0988. The van der Waals surface area contributed by atoms with Gasteiger partial charge < -0.3 is 10.6 Å². The summed E-state index contributed by atoms with van der Waals surface area (Å²) in [6, 6.07) is 12.0. The third-order valence-corrected chi connectivity index (χ3v) is 4.99. The molecule has 1 aliphatic rings. The molecule has 0 saturated heterocycles. The number of ketones is 1. The van der Waals surface area contributed by atoms with Gasteiger partial charge in [-0.2, -0.15) is 0 Å². The van der Waals surface area contributed by atoms with Crippen LogP contribution < -0.4 is 10.6 Å². The average molecular weight is 373 g/mol. The predicted octanol–water partition coefficient (Wildman–Crippen LogP) is 3.06. The zero-order chi connectivity index (χ0) is 19.7. The van der Waals surface area contributed by atoms with E-state index in [0.717, 1.165) is 46.7 Å². The van der Waals surface area contributed by atoms with Gasteiger partial charge in [-0.15, -0.1) is 0 Å². The minimum atomic E-state index is 0.0315. The molecule has 0 radical (unpaired) electrons. The van der Waals surface area contributed by atoms with Crippen LogP contribution in [-0.4, -0.2) is 27.3 Å². The molecule has 4 rings (SSSR count). The Morgan fingerprint density at radius 2 is 2.04 bits per heavy atom. The largest absolute Gasteiger partial charge is 0.368 e. The fraction of sp³-hybridized carbons (Fsp3) is 0.273. The quantitative estimate of drug-likeness (QED) is 0.708. The SMILES string of the molecule is Cc1cccc(CC(=O)c2cc(N3CCc4nc(N)ncc4C3)cc(C)n2)c1. The van der Waals surface area contributed by atoms with Crippen molar-refractivity contribution >= 4 is 17.4 Å². The molecule has 0 spiro atoms. The van der Waals surface area contributed by atoms with Crippen LogP contribution in [0.25, 0.3) is 0 Å². The summed E-state index contributed by atoms with van der Waals surface area (Å²) in [4.78, 5) is 28.0. The number of pyridine rings is 1. The highest BCUT2D eigenvalue weighted by Crippen LogP contribution is 2.25. The lowest BCUT2D eigenvalue weighted by Gasteiger charge is -2.30. The first-order chi connectivity index (χ1) is 13.5. The van der Waals surface area contributed by atoms with Crippen LogP contribution in [0, 0.1) is 13.8 Å². The van der Waals surface area contributed by atoms with Gasteiger partial charge in [0.25, 0.3) is 0 Å². The third kappa shape index (κ3) is 3.86. The molecule has 0 amide bonds. The lowest BCUT2D eigenvalue weighted by Crippen LogP contribution is -2.31. The summed E-state index contributed by atoms with van der Waals surface area (Å²) in [5.41, 5.74) is 12.3. The van der Waals surface area contributed by atoms with Crippen LogP contribution in [0.4, 0.5) is 11.6 Å². The molecular formula is C22H23N5O. The molecule has 6 heteroatoms. The molecule has 2 N–H and O–H groups in total. The Labute approximate surface area is 164 Å². The molecule has 0 unspecified atom stereocenters. The minimum absolute atomic E-state index is 0.0315. The minimum Gasteiger partial charge on any atom is -0.368 e. The van der Waals surface area contributed by atoms with Crippen molar-refractivity contribution in [1.29, 1.82) is 0 Å². The van der Waals surface area contributed by atoms with Crippen molar-refractivity contribution in [2.75, 3.05) is 17.2 Å². The Kier molecular flexibility index (Phi) is 4.77. The molecule has 2 aromatic heterocycles. The fourth-order valence-electron chi connectivity index (χ4n) is 3.63. The van der Waals surface area contributed by atoms with Crippen LogP contribution in [0.15, 0.2) is 42.6 Å². The summed E-state index contributed by atoms with van der Waals surface area (Å²) in [6.07, 6.45) is 2.95. The lowest BCUT2D eigenvalue weighted by atomic mass is 10.0. The number of hydrogen-bond acceptors (Lipinski definition) is 6. The number of Topliss-reactive ketones (excluding diaryl/α,β-unsaturated/α-hetero) is 1.